The van der Waals surface area contributed by atoms with E-state index in [0.717, 1.165) is 19.4 Å². The summed E-state index contributed by atoms with van der Waals surface area (Å²) < 4.78 is 5.17. The zero-order valence-electron chi connectivity index (χ0n) is 6.51. The lowest BCUT2D eigenvalue weighted by atomic mass is 10.1. The predicted octanol–water partition coefficient (Wildman–Crippen LogP) is -0.760. The van der Waals surface area contributed by atoms with Crippen molar-refractivity contribution in [2.75, 3.05) is 19.8 Å². The van der Waals surface area contributed by atoms with E-state index in [4.69, 9.17) is 10.5 Å². The molecule has 1 heterocycles. The van der Waals surface area contributed by atoms with Crippen molar-refractivity contribution in [3.63, 3.8) is 0 Å². The maximum Gasteiger partial charge on any atom is 0.234 e. The molecule has 1 saturated heterocycles. The maximum atomic E-state index is 10.8. The monoisotopic (exact) mass is 158 g/mol. The first-order valence-electron chi connectivity index (χ1n) is 3.90. The van der Waals surface area contributed by atoms with Gasteiger partial charge < -0.3 is 15.8 Å². The molecule has 1 unspecified atom stereocenters. The van der Waals surface area contributed by atoms with Crippen LogP contribution in [0.3, 0.4) is 0 Å². The third-order valence-corrected chi connectivity index (χ3v) is 1.71. The Labute approximate surface area is 66.1 Å². The van der Waals surface area contributed by atoms with E-state index in [1.807, 2.05) is 0 Å². The van der Waals surface area contributed by atoms with Crippen LogP contribution >= 0.6 is 0 Å². The number of ether oxygens (including phenoxy) is 1. The topological polar surface area (TPSA) is 64.4 Å². The molecule has 4 heteroatoms. The van der Waals surface area contributed by atoms with Gasteiger partial charge in [0.25, 0.3) is 0 Å². The van der Waals surface area contributed by atoms with Gasteiger partial charge in [0.2, 0.25) is 5.91 Å². The molecule has 64 valence electrons. The fourth-order valence-electron chi connectivity index (χ4n) is 1.14. The first kappa shape index (κ1) is 8.49. The summed E-state index contributed by atoms with van der Waals surface area (Å²) in [6.45, 7) is 1.51. The van der Waals surface area contributed by atoms with Crippen molar-refractivity contribution in [2.45, 2.75) is 18.9 Å². The Morgan fingerprint density at radius 1 is 1.73 bits per heavy atom. The predicted molar refractivity (Wildman–Crippen MR) is 41.0 cm³/mol. The van der Waals surface area contributed by atoms with Crippen LogP contribution in [0.25, 0.3) is 0 Å². The van der Waals surface area contributed by atoms with Gasteiger partial charge in [-0.2, -0.15) is 0 Å². The summed E-state index contributed by atoms with van der Waals surface area (Å²) in [6.07, 6.45) is 2.03. The summed E-state index contributed by atoms with van der Waals surface area (Å²) in [5, 5.41) is 2.78. The highest BCUT2D eigenvalue weighted by Crippen LogP contribution is 2.04. The molecule has 0 aromatic carbocycles. The van der Waals surface area contributed by atoms with Gasteiger partial charge >= 0.3 is 0 Å². The minimum Gasteiger partial charge on any atom is -0.379 e. The van der Waals surface area contributed by atoms with Crippen LogP contribution in [0, 0.1) is 0 Å². The molecule has 0 aliphatic carbocycles. The molecule has 1 fully saturated rings. The summed E-state index contributed by atoms with van der Waals surface area (Å²) in [6, 6.07) is 0.180. The maximum absolute atomic E-state index is 10.8. The zero-order chi connectivity index (χ0) is 8.10. The average Bonchev–Trinajstić information content (AvgIpc) is 2.06. The molecule has 1 aliphatic rings. The van der Waals surface area contributed by atoms with Gasteiger partial charge in [-0.1, -0.05) is 0 Å². The number of carbonyl (C=O) groups excluding carboxylic acids is 1. The molecular weight excluding hydrogens is 144 g/mol. The molecule has 0 radical (unpaired) electrons. The molecule has 0 aromatic heterocycles. The molecule has 0 bridgehead atoms. The van der Waals surface area contributed by atoms with Crippen LogP contribution in [0.2, 0.25) is 0 Å². The largest absolute Gasteiger partial charge is 0.379 e. The van der Waals surface area contributed by atoms with Crippen molar-refractivity contribution >= 4 is 5.91 Å². The molecule has 0 aromatic rings. The smallest absolute Gasteiger partial charge is 0.234 e. The molecule has 1 atom stereocenters. The summed E-state index contributed by atoms with van der Waals surface area (Å²) in [4.78, 5) is 10.8. The summed E-state index contributed by atoms with van der Waals surface area (Å²) in [5.74, 6) is -0.0968. The van der Waals surface area contributed by atoms with E-state index in [0.29, 0.717) is 6.61 Å². The lowest BCUT2D eigenvalue weighted by molar-refractivity contribution is -0.121. The second-order valence-electron chi connectivity index (χ2n) is 2.69. The molecule has 1 amide bonds. The van der Waals surface area contributed by atoms with E-state index in [9.17, 15) is 4.79 Å². The summed E-state index contributed by atoms with van der Waals surface area (Å²) in [5.41, 5.74) is 5.14. The van der Waals surface area contributed by atoms with E-state index in [-0.39, 0.29) is 18.5 Å². The normalized spacial score (nSPS) is 24.6. The van der Waals surface area contributed by atoms with Crippen molar-refractivity contribution < 1.29 is 9.53 Å². The van der Waals surface area contributed by atoms with Crippen molar-refractivity contribution in [3.8, 4) is 0 Å². The van der Waals surface area contributed by atoms with E-state index >= 15 is 0 Å². The highest BCUT2D eigenvalue weighted by Gasteiger charge is 2.14. The Balaban J connectivity index is 2.19. The van der Waals surface area contributed by atoms with Crippen LogP contribution in [-0.2, 0) is 9.53 Å². The second-order valence-corrected chi connectivity index (χ2v) is 2.69. The third kappa shape index (κ3) is 2.86. The Hall–Kier alpha value is -0.610. The van der Waals surface area contributed by atoms with Gasteiger partial charge in [0.05, 0.1) is 19.2 Å². The van der Waals surface area contributed by atoms with Crippen molar-refractivity contribution in [1.82, 2.24) is 5.32 Å². The van der Waals surface area contributed by atoms with Crippen molar-refractivity contribution in [3.05, 3.63) is 0 Å². The number of hydrogen-bond donors (Lipinski definition) is 2. The molecule has 4 nitrogen and oxygen atoms in total. The van der Waals surface area contributed by atoms with Gasteiger partial charge in [-0.3, -0.25) is 4.79 Å². The Morgan fingerprint density at radius 2 is 2.55 bits per heavy atom. The summed E-state index contributed by atoms with van der Waals surface area (Å²) in [7, 11) is 0. The van der Waals surface area contributed by atoms with E-state index in [1.165, 1.54) is 0 Å². The Morgan fingerprint density at radius 3 is 3.09 bits per heavy atom. The third-order valence-electron chi connectivity index (χ3n) is 1.71. The molecule has 1 aliphatic heterocycles. The van der Waals surface area contributed by atoms with Crippen LogP contribution in [0.4, 0.5) is 0 Å². The van der Waals surface area contributed by atoms with Crippen LogP contribution in [-0.4, -0.2) is 31.7 Å². The standard InChI is InChI=1S/C7H14N2O2/c8-4-7(10)9-6-2-1-3-11-5-6/h6H,1-5,8H2,(H,9,10). The minimum absolute atomic E-state index is 0.0660. The van der Waals surface area contributed by atoms with E-state index in [2.05, 4.69) is 5.32 Å². The quantitative estimate of drug-likeness (QED) is 0.555. The number of nitrogens with two attached hydrogens (primary N) is 1. The van der Waals surface area contributed by atoms with Crippen LogP contribution in [0.1, 0.15) is 12.8 Å². The number of hydrogen-bond acceptors (Lipinski definition) is 3. The molecular formula is C7H14N2O2. The van der Waals surface area contributed by atoms with Crippen LogP contribution < -0.4 is 11.1 Å². The fraction of sp³-hybridized carbons (Fsp3) is 0.857. The van der Waals surface area contributed by atoms with Gasteiger partial charge in [-0.25, -0.2) is 0 Å². The number of amides is 1. The van der Waals surface area contributed by atoms with Gasteiger partial charge in [0.1, 0.15) is 0 Å². The van der Waals surface area contributed by atoms with E-state index in [1.54, 1.807) is 0 Å². The Bertz CT molecular complexity index is 132. The molecule has 0 saturated carbocycles. The van der Waals surface area contributed by atoms with Gasteiger partial charge in [0, 0.05) is 6.61 Å². The lowest BCUT2D eigenvalue weighted by Gasteiger charge is -2.22. The molecule has 3 N–H and O–H groups in total. The first-order valence-corrected chi connectivity index (χ1v) is 3.90. The van der Waals surface area contributed by atoms with Crippen molar-refractivity contribution in [2.24, 2.45) is 5.73 Å². The average molecular weight is 158 g/mol. The SMILES string of the molecule is NCC(=O)NC1CCCOC1. The molecule has 0 spiro atoms. The molecule has 11 heavy (non-hydrogen) atoms. The number of carbonyl (C=O) groups is 1. The fourth-order valence-corrected chi connectivity index (χ4v) is 1.14. The van der Waals surface area contributed by atoms with Crippen LogP contribution in [0.15, 0.2) is 0 Å². The number of rotatable bonds is 2. The van der Waals surface area contributed by atoms with Crippen LogP contribution in [0.5, 0.6) is 0 Å². The number of nitrogens with one attached hydrogen (secondary N) is 1. The second kappa shape index (κ2) is 4.31. The van der Waals surface area contributed by atoms with Gasteiger partial charge in [-0.05, 0) is 12.8 Å². The first-order chi connectivity index (χ1) is 5.33. The minimum atomic E-state index is -0.0968. The Kier molecular flexibility index (Phi) is 3.32. The summed E-state index contributed by atoms with van der Waals surface area (Å²) >= 11 is 0. The highest BCUT2D eigenvalue weighted by molar-refractivity contribution is 5.78. The van der Waals surface area contributed by atoms with Crippen molar-refractivity contribution in [1.29, 1.82) is 0 Å². The molecule has 1 rings (SSSR count). The van der Waals surface area contributed by atoms with Gasteiger partial charge in [0.15, 0.2) is 0 Å². The lowest BCUT2D eigenvalue weighted by Crippen LogP contribution is -2.43. The zero-order valence-corrected chi connectivity index (χ0v) is 6.51. The van der Waals surface area contributed by atoms with Gasteiger partial charge in [-0.15, -0.1) is 0 Å². The van der Waals surface area contributed by atoms with E-state index < -0.39 is 0 Å². The highest BCUT2D eigenvalue weighted by atomic mass is 16.5.